The summed E-state index contributed by atoms with van der Waals surface area (Å²) in [5.74, 6) is -1.47. The monoisotopic (exact) mass is 683 g/mol. The van der Waals surface area contributed by atoms with Gasteiger partial charge in [0.1, 0.15) is 6.61 Å². The average Bonchev–Trinajstić information content (AvgIpc) is 3.03. The SMILES string of the molecule is CCCCCCCC/C=C\CCCCCCCCCC(=O)OC(COCCC(C(=O)O)[N+](C)(C)C)COC(=O)CCCCCCCCC. The number of hydrogen-bond donors (Lipinski definition) is 1. The van der Waals surface area contributed by atoms with Gasteiger partial charge in [-0.05, 0) is 38.5 Å². The van der Waals surface area contributed by atoms with Crippen LogP contribution >= 0.6 is 0 Å². The first-order valence-electron chi connectivity index (χ1n) is 19.7. The van der Waals surface area contributed by atoms with Crippen LogP contribution in [0.5, 0.6) is 0 Å². The zero-order valence-electron chi connectivity index (χ0n) is 32.0. The summed E-state index contributed by atoms with van der Waals surface area (Å²) in [6.45, 7) is 4.68. The van der Waals surface area contributed by atoms with Crippen molar-refractivity contribution in [2.24, 2.45) is 0 Å². The first-order chi connectivity index (χ1) is 23.1. The molecule has 8 heteroatoms. The highest BCUT2D eigenvalue weighted by molar-refractivity contribution is 5.72. The Hall–Kier alpha value is -1.93. The number of quaternary nitrogens is 1. The largest absolute Gasteiger partial charge is 0.477 e. The normalized spacial score (nSPS) is 13.1. The summed E-state index contributed by atoms with van der Waals surface area (Å²) in [7, 11) is 5.51. The number of nitrogens with zero attached hydrogens (tertiary/aromatic N) is 1. The molecule has 0 saturated heterocycles. The summed E-state index contributed by atoms with van der Waals surface area (Å²) < 4.78 is 17.2. The third kappa shape index (κ3) is 30.2. The molecule has 0 saturated carbocycles. The van der Waals surface area contributed by atoms with Gasteiger partial charge in [-0.3, -0.25) is 9.59 Å². The minimum atomic E-state index is -0.875. The van der Waals surface area contributed by atoms with Crippen LogP contribution in [0.25, 0.3) is 0 Å². The van der Waals surface area contributed by atoms with Crippen molar-refractivity contribution in [2.45, 2.75) is 187 Å². The number of rotatable bonds is 35. The van der Waals surface area contributed by atoms with E-state index in [1.54, 1.807) is 0 Å². The van der Waals surface area contributed by atoms with Crippen molar-refractivity contribution in [2.75, 3.05) is 41.0 Å². The standard InChI is InChI=1S/C40H75NO7/c1-6-8-10-12-14-15-16-17-18-19-20-21-22-23-25-27-29-31-39(43)48-36(34-46-33-32-37(40(44)45)41(3,4)5)35-47-38(42)30-28-26-24-13-11-9-7-2/h17-18,36-37H,6-16,19-35H2,1-5H3/p+1/b18-17-. The molecule has 0 aromatic rings. The van der Waals surface area contributed by atoms with E-state index in [1.807, 2.05) is 21.1 Å². The molecule has 0 aliphatic heterocycles. The average molecular weight is 683 g/mol. The van der Waals surface area contributed by atoms with Crippen molar-refractivity contribution in [3.63, 3.8) is 0 Å². The number of unbranched alkanes of at least 4 members (excludes halogenated alkanes) is 19. The summed E-state index contributed by atoms with van der Waals surface area (Å²) in [4.78, 5) is 36.6. The van der Waals surface area contributed by atoms with E-state index in [2.05, 4.69) is 26.0 Å². The Balaban J connectivity index is 4.31. The van der Waals surface area contributed by atoms with Gasteiger partial charge in [0.25, 0.3) is 0 Å². The summed E-state index contributed by atoms with van der Waals surface area (Å²) in [5.41, 5.74) is 0. The summed E-state index contributed by atoms with van der Waals surface area (Å²) in [6, 6.07) is -0.609. The predicted octanol–water partition coefficient (Wildman–Crippen LogP) is 9.97. The molecule has 0 radical (unpaired) electrons. The molecule has 8 nitrogen and oxygen atoms in total. The molecule has 0 aromatic carbocycles. The number of hydrogen-bond acceptors (Lipinski definition) is 6. The van der Waals surface area contributed by atoms with Crippen LogP contribution in [0.1, 0.15) is 174 Å². The number of allylic oxidation sites excluding steroid dienone is 2. The summed E-state index contributed by atoms with van der Waals surface area (Å²) >= 11 is 0. The van der Waals surface area contributed by atoms with Crippen LogP contribution in [0.2, 0.25) is 0 Å². The molecule has 0 bridgehead atoms. The molecular formula is C40H76NO7+. The smallest absolute Gasteiger partial charge is 0.362 e. The third-order valence-corrected chi connectivity index (χ3v) is 8.91. The van der Waals surface area contributed by atoms with Crippen LogP contribution in [-0.4, -0.2) is 80.6 Å². The minimum absolute atomic E-state index is 0.0486. The highest BCUT2D eigenvalue weighted by Gasteiger charge is 2.31. The van der Waals surface area contributed by atoms with E-state index in [4.69, 9.17) is 14.2 Å². The highest BCUT2D eigenvalue weighted by Crippen LogP contribution is 2.14. The number of aliphatic carboxylic acids is 1. The maximum absolute atomic E-state index is 12.6. The van der Waals surface area contributed by atoms with E-state index in [0.29, 0.717) is 19.3 Å². The number of likely N-dealkylation sites (N-methyl/N-ethyl adjacent to an activating group) is 1. The zero-order valence-corrected chi connectivity index (χ0v) is 32.0. The minimum Gasteiger partial charge on any atom is -0.477 e. The Morgan fingerprint density at radius 2 is 1.04 bits per heavy atom. The molecule has 0 aliphatic carbocycles. The second kappa shape index (κ2) is 32.3. The molecule has 0 heterocycles. The highest BCUT2D eigenvalue weighted by atomic mass is 16.6. The van der Waals surface area contributed by atoms with Crippen molar-refractivity contribution in [3.8, 4) is 0 Å². The van der Waals surface area contributed by atoms with Crippen LogP contribution in [0.4, 0.5) is 0 Å². The lowest BCUT2D eigenvalue weighted by Gasteiger charge is -2.31. The van der Waals surface area contributed by atoms with Gasteiger partial charge in [-0.15, -0.1) is 0 Å². The molecule has 1 N–H and O–H groups in total. The van der Waals surface area contributed by atoms with Crippen LogP contribution < -0.4 is 0 Å². The Bertz CT molecular complexity index is 808. The zero-order chi connectivity index (χ0) is 35.7. The van der Waals surface area contributed by atoms with Crippen molar-refractivity contribution < 1.29 is 38.2 Å². The third-order valence-electron chi connectivity index (χ3n) is 8.91. The van der Waals surface area contributed by atoms with E-state index >= 15 is 0 Å². The molecule has 0 fully saturated rings. The predicted molar refractivity (Wildman–Crippen MR) is 197 cm³/mol. The Kier molecular flexibility index (Phi) is 31.0. The number of carbonyl (C=O) groups is 3. The second-order valence-corrected chi connectivity index (χ2v) is 14.5. The molecule has 2 atom stereocenters. The van der Waals surface area contributed by atoms with Gasteiger partial charge in [0.15, 0.2) is 12.1 Å². The summed E-state index contributed by atoms with van der Waals surface area (Å²) in [6.07, 6.45) is 31.2. The van der Waals surface area contributed by atoms with Gasteiger partial charge in [-0.1, -0.05) is 129 Å². The van der Waals surface area contributed by atoms with Crippen molar-refractivity contribution in [3.05, 3.63) is 12.2 Å². The van der Waals surface area contributed by atoms with Crippen LogP contribution in [0.3, 0.4) is 0 Å². The van der Waals surface area contributed by atoms with E-state index in [9.17, 15) is 19.5 Å². The first kappa shape index (κ1) is 46.1. The van der Waals surface area contributed by atoms with Gasteiger partial charge in [0, 0.05) is 19.3 Å². The Labute approximate surface area is 295 Å². The van der Waals surface area contributed by atoms with Crippen LogP contribution in [-0.2, 0) is 28.6 Å². The number of carboxylic acids is 1. The molecular weight excluding hydrogens is 606 g/mol. The topological polar surface area (TPSA) is 99.1 Å². The molecule has 0 aliphatic rings. The lowest BCUT2D eigenvalue weighted by molar-refractivity contribution is -0.887. The van der Waals surface area contributed by atoms with E-state index in [0.717, 1.165) is 38.5 Å². The van der Waals surface area contributed by atoms with Gasteiger partial charge < -0.3 is 23.8 Å². The van der Waals surface area contributed by atoms with Gasteiger partial charge in [-0.2, -0.15) is 0 Å². The Morgan fingerprint density at radius 3 is 1.50 bits per heavy atom. The molecule has 0 rings (SSSR count). The second-order valence-electron chi connectivity index (χ2n) is 14.5. The number of carboxylic acid groups (broad SMARTS) is 1. The van der Waals surface area contributed by atoms with Gasteiger partial charge in [0.05, 0.1) is 34.4 Å². The number of carbonyl (C=O) groups excluding carboxylic acids is 2. The Morgan fingerprint density at radius 1 is 0.604 bits per heavy atom. The fraction of sp³-hybridized carbons (Fsp3) is 0.875. The van der Waals surface area contributed by atoms with E-state index in [-0.39, 0.29) is 36.2 Å². The lowest BCUT2D eigenvalue weighted by Crippen LogP contribution is -2.50. The summed E-state index contributed by atoms with van der Waals surface area (Å²) in [5, 5.41) is 9.57. The van der Waals surface area contributed by atoms with E-state index in [1.165, 1.54) is 103 Å². The van der Waals surface area contributed by atoms with Crippen molar-refractivity contribution >= 4 is 17.9 Å². The van der Waals surface area contributed by atoms with Gasteiger partial charge in [0.2, 0.25) is 0 Å². The maximum atomic E-state index is 12.6. The molecule has 282 valence electrons. The molecule has 0 spiro atoms. The maximum Gasteiger partial charge on any atom is 0.362 e. The van der Waals surface area contributed by atoms with Gasteiger partial charge >= 0.3 is 17.9 Å². The number of esters is 2. The fourth-order valence-electron chi connectivity index (χ4n) is 5.79. The van der Waals surface area contributed by atoms with Crippen molar-refractivity contribution in [1.82, 2.24) is 0 Å². The number of ether oxygens (including phenoxy) is 3. The van der Waals surface area contributed by atoms with Crippen LogP contribution in [0, 0.1) is 0 Å². The van der Waals surface area contributed by atoms with Crippen molar-refractivity contribution in [1.29, 1.82) is 0 Å². The van der Waals surface area contributed by atoms with Gasteiger partial charge in [-0.25, -0.2) is 4.79 Å². The quantitative estimate of drug-likeness (QED) is 0.0307. The lowest BCUT2D eigenvalue weighted by atomic mass is 10.1. The molecule has 48 heavy (non-hydrogen) atoms. The fourth-order valence-corrected chi connectivity index (χ4v) is 5.79. The molecule has 0 amide bonds. The van der Waals surface area contributed by atoms with Crippen LogP contribution in [0.15, 0.2) is 12.2 Å². The molecule has 0 aromatic heterocycles. The first-order valence-corrected chi connectivity index (χ1v) is 19.7. The molecule has 2 unspecified atom stereocenters. The van der Waals surface area contributed by atoms with E-state index < -0.39 is 18.1 Å².